The zero-order valence-electron chi connectivity index (χ0n) is 10.7. The standard InChI is InChI=1S/C15H22N2/c1-17-10-8-12-5-2-3-7-14(12)15(17)11-13-6-4-9-16-13/h2-3,5,7,13,15-16H,4,6,8-11H2,1H3. The van der Waals surface area contributed by atoms with E-state index in [4.69, 9.17) is 0 Å². The summed E-state index contributed by atoms with van der Waals surface area (Å²) in [6.45, 7) is 2.41. The van der Waals surface area contributed by atoms with Crippen LogP contribution in [0.2, 0.25) is 0 Å². The first-order chi connectivity index (χ1) is 8.34. The van der Waals surface area contributed by atoms with Gasteiger partial charge in [-0.15, -0.1) is 0 Å². The lowest BCUT2D eigenvalue weighted by atomic mass is 9.89. The minimum Gasteiger partial charge on any atom is -0.314 e. The van der Waals surface area contributed by atoms with E-state index in [9.17, 15) is 0 Å². The normalized spacial score (nSPS) is 29.2. The van der Waals surface area contributed by atoms with E-state index < -0.39 is 0 Å². The molecule has 0 saturated carbocycles. The first-order valence-electron chi connectivity index (χ1n) is 6.86. The molecule has 1 aromatic carbocycles. The molecule has 2 unspecified atom stereocenters. The number of nitrogens with one attached hydrogen (secondary N) is 1. The van der Waals surface area contributed by atoms with Gasteiger partial charge >= 0.3 is 0 Å². The first kappa shape index (κ1) is 11.2. The Balaban J connectivity index is 1.81. The second kappa shape index (κ2) is 4.79. The van der Waals surface area contributed by atoms with Gasteiger partial charge in [0, 0.05) is 18.6 Å². The fraction of sp³-hybridized carbons (Fsp3) is 0.600. The quantitative estimate of drug-likeness (QED) is 0.839. The predicted molar refractivity (Wildman–Crippen MR) is 71.2 cm³/mol. The van der Waals surface area contributed by atoms with Crippen LogP contribution in [0.4, 0.5) is 0 Å². The number of hydrogen-bond donors (Lipinski definition) is 1. The zero-order chi connectivity index (χ0) is 11.7. The van der Waals surface area contributed by atoms with Gasteiger partial charge in [0.05, 0.1) is 0 Å². The lowest BCUT2D eigenvalue weighted by Crippen LogP contribution is -2.36. The van der Waals surface area contributed by atoms with Crippen molar-refractivity contribution in [2.45, 2.75) is 37.8 Å². The largest absolute Gasteiger partial charge is 0.314 e. The Kier molecular flexibility index (Phi) is 3.17. The Hall–Kier alpha value is -0.860. The molecule has 1 N–H and O–H groups in total. The molecular formula is C15H22N2. The summed E-state index contributed by atoms with van der Waals surface area (Å²) >= 11 is 0. The molecule has 0 amide bonds. The lowest BCUT2D eigenvalue weighted by Gasteiger charge is -2.36. The highest BCUT2D eigenvalue weighted by Crippen LogP contribution is 2.33. The average Bonchev–Trinajstić information content (AvgIpc) is 2.86. The van der Waals surface area contributed by atoms with E-state index in [0.29, 0.717) is 6.04 Å². The number of likely N-dealkylation sites (N-methyl/N-ethyl adjacent to an activating group) is 1. The van der Waals surface area contributed by atoms with Crippen molar-refractivity contribution in [3.8, 4) is 0 Å². The van der Waals surface area contributed by atoms with Gasteiger partial charge in [0.1, 0.15) is 0 Å². The van der Waals surface area contributed by atoms with E-state index in [2.05, 4.69) is 41.5 Å². The Morgan fingerprint density at radius 3 is 3.06 bits per heavy atom. The van der Waals surface area contributed by atoms with Crippen LogP contribution in [-0.4, -0.2) is 31.1 Å². The molecule has 2 nitrogen and oxygen atoms in total. The number of rotatable bonds is 2. The van der Waals surface area contributed by atoms with E-state index >= 15 is 0 Å². The average molecular weight is 230 g/mol. The molecule has 0 radical (unpaired) electrons. The third-order valence-corrected chi connectivity index (χ3v) is 4.35. The third kappa shape index (κ3) is 2.24. The van der Waals surface area contributed by atoms with Gasteiger partial charge in [-0.3, -0.25) is 4.90 Å². The number of fused-ring (bicyclic) bond motifs is 1. The maximum atomic E-state index is 3.63. The molecule has 0 bridgehead atoms. The van der Waals surface area contributed by atoms with Crippen molar-refractivity contribution in [3.63, 3.8) is 0 Å². The summed E-state index contributed by atoms with van der Waals surface area (Å²) in [5, 5.41) is 3.63. The highest BCUT2D eigenvalue weighted by Gasteiger charge is 2.27. The molecule has 2 heterocycles. The van der Waals surface area contributed by atoms with Crippen molar-refractivity contribution in [2.75, 3.05) is 20.1 Å². The van der Waals surface area contributed by atoms with Crippen molar-refractivity contribution in [1.29, 1.82) is 0 Å². The maximum absolute atomic E-state index is 3.63. The van der Waals surface area contributed by atoms with Crippen molar-refractivity contribution >= 4 is 0 Å². The van der Waals surface area contributed by atoms with Gasteiger partial charge in [0.15, 0.2) is 0 Å². The first-order valence-corrected chi connectivity index (χ1v) is 6.86. The molecule has 2 aliphatic heterocycles. The van der Waals surface area contributed by atoms with Gasteiger partial charge in [-0.1, -0.05) is 24.3 Å². The minimum absolute atomic E-state index is 0.621. The van der Waals surface area contributed by atoms with Crippen molar-refractivity contribution < 1.29 is 0 Å². The second-order valence-electron chi connectivity index (χ2n) is 5.47. The summed E-state index contributed by atoms with van der Waals surface area (Å²) in [5.41, 5.74) is 3.13. The molecule has 0 aromatic heterocycles. The van der Waals surface area contributed by atoms with Gasteiger partial charge in [-0.05, 0) is 50.4 Å². The maximum Gasteiger partial charge on any atom is 0.0362 e. The van der Waals surface area contributed by atoms with E-state index in [-0.39, 0.29) is 0 Å². The fourth-order valence-corrected chi connectivity index (χ4v) is 3.31. The Labute approximate surface area is 104 Å². The second-order valence-corrected chi connectivity index (χ2v) is 5.47. The molecular weight excluding hydrogens is 208 g/mol. The Bertz CT molecular complexity index is 382. The summed E-state index contributed by atoms with van der Waals surface area (Å²) < 4.78 is 0. The van der Waals surface area contributed by atoms with E-state index in [1.165, 1.54) is 38.8 Å². The number of benzene rings is 1. The van der Waals surface area contributed by atoms with Crippen LogP contribution in [0.3, 0.4) is 0 Å². The van der Waals surface area contributed by atoms with Crippen molar-refractivity contribution in [2.24, 2.45) is 0 Å². The molecule has 0 spiro atoms. The molecule has 17 heavy (non-hydrogen) atoms. The van der Waals surface area contributed by atoms with Gasteiger partial charge in [0.2, 0.25) is 0 Å². The Morgan fingerprint density at radius 2 is 2.24 bits per heavy atom. The molecule has 92 valence electrons. The van der Waals surface area contributed by atoms with Crippen LogP contribution in [-0.2, 0) is 6.42 Å². The van der Waals surface area contributed by atoms with Gasteiger partial charge < -0.3 is 5.32 Å². The molecule has 1 aromatic rings. The summed E-state index contributed by atoms with van der Waals surface area (Å²) in [4.78, 5) is 2.53. The molecule has 2 heteroatoms. The summed E-state index contributed by atoms with van der Waals surface area (Å²) in [5.74, 6) is 0. The summed E-state index contributed by atoms with van der Waals surface area (Å²) in [6, 6.07) is 10.3. The highest BCUT2D eigenvalue weighted by atomic mass is 15.1. The summed E-state index contributed by atoms with van der Waals surface area (Å²) in [6.07, 6.45) is 5.18. The summed E-state index contributed by atoms with van der Waals surface area (Å²) in [7, 11) is 2.27. The molecule has 0 aliphatic carbocycles. The lowest BCUT2D eigenvalue weighted by molar-refractivity contribution is 0.205. The van der Waals surface area contributed by atoms with Crippen LogP contribution in [0, 0.1) is 0 Å². The van der Waals surface area contributed by atoms with Crippen molar-refractivity contribution in [3.05, 3.63) is 35.4 Å². The van der Waals surface area contributed by atoms with Crippen LogP contribution in [0.15, 0.2) is 24.3 Å². The molecule has 2 atom stereocenters. The van der Waals surface area contributed by atoms with Crippen LogP contribution < -0.4 is 5.32 Å². The van der Waals surface area contributed by atoms with Crippen LogP contribution in [0.25, 0.3) is 0 Å². The Morgan fingerprint density at radius 1 is 1.35 bits per heavy atom. The topological polar surface area (TPSA) is 15.3 Å². The van der Waals surface area contributed by atoms with Gasteiger partial charge in [-0.25, -0.2) is 0 Å². The monoisotopic (exact) mass is 230 g/mol. The minimum atomic E-state index is 0.621. The van der Waals surface area contributed by atoms with Gasteiger partial charge in [-0.2, -0.15) is 0 Å². The van der Waals surface area contributed by atoms with Crippen LogP contribution >= 0.6 is 0 Å². The molecule has 1 fully saturated rings. The molecule has 2 aliphatic rings. The zero-order valence-corrected chi connectivity index (χ0v) is 10.7. The highest BCUT2D eigenvalue weighted by molar-refractivity contribution is 5.32. The third-order valence-electron chi connectivity index (χ3n) is 4.35. The molecule has 1 saturated heterocycles. The number of hydrogen-bond acceptors (Lipinski definition) is 2. The van der Waals surface area contributed by atoms with Gasteiger partial charge in [0.25, 0.3) is 0 Å². The smallest absolute Gasteiger partial charge is 0.0362 e. The van der Waals surface area contributed by atoms with Crippen molar-refractivity contribution in [1.82, 2.24) is 10.2 Å². The van der Waals surface area contributed by atoms with E-state index in [0.717, 1.165) is 6.04 Å². The fourth-order valence-electron chi connectivity index (χ4n) is 3.31. The van der Waals surface area contributed by atoms with E-state index in [1.54, 1.807) is 11.1 Å². The predicted octanol–water partition coefficient (Wildman–Crippen LogP) is 2.36. The number of nitrogens with zero attached hydrogens (tertiary/aromatic N) is 1. The van der Waals surface area contributed by atoms with Crippen LogP contribution in [0.5, 0.6) is 0 Å². The van der Waals surface area contributed by atoms with Crippen LogP contribution in [0.1, 0.15) is 36.4 Å². The SMILES string of the molecule is CN1CCc2ccccc2C1CC1CCCN1. The molecule has 3 rings (SSSR count). The van der Waals surface area contributed by atoms with E-state index in [1.807, 2.05) is 0 Å².